The van der Waals surface area contributed by atoms with E-state index in [-0.39, 0.29) is 26.1 Å². The fraction of sp³-hybridized carbons (Fsp3) is 0.111. The number of hydrogen-bond donors (Lipinski definition) is 2. The van der Waals surface area contributed by atoms with E-state index in [4.69, 9.17) is 5.11 Å². The minimum Gasteiger partial charge on any atom is -0.465 e. The highest BCUT2D eigenvalue weighted by atomic mass is 32.2. The van der Waals surface area contributed by atoms with Crippen LogP contribution in [0.15, 0.2) is 68.7 Å². The van der Waals surface area contributed by atoms with Gasteiger partial charge in [-0.05, 0) is 23.8 Å². The van der Waals surface area contributed by atoms with Crippen molar-refractivity contribution in [3.05, 3.63) is 59.7 Å². The van der Waals surface area contributed by atoms with Crippen LogP contribution in [0.3, 0.4) is 0 Å². The molecule has 0 radical (unpaired) electrons. The number of rotatable bonds is 6. The van der Waals surface area contributed by atoms with Crippen LogP contribution in [0.5, 0.6) is 0 Å². The zero-order valence-electron chi connectivity index (χ0n) is 15.1. The number of thiazole rings is 1. The average Bonchev–Trinajstić information content (AvgIpc) is 3.16. The molecule has 1 aromatic heterocycles. The molecule has 0 fully saturated rings. The van der Waals surface area contributed by atoms with E-state index >= 15 is 0 Å². The Morgan fingerprint density at radius 3 is 2.41 bits per heavy atom. The number of nitrogens with zero attached hydrogens (tertiary/aromatic N) is 1. The minimum absolute atomic E-state index is 0.00551. The molecule has 2 aromatic carbocycles. The molecule has 0 aliphatic carbocycles. The van der Waals surface area contributed by atoms with E-state index in [1.165, 1.54) is 18.2 Å². The molecule has 1 amide bonds. The van der Waals surface area contributed by atoms with Crippen LogP contribution in [0.1, 0.15) is 5.01 Å². The summed E-state index contributed by atoms with van der Waals surface area (Å²) in [5.41, 5.74) is 0.806. The number of hydrogen-bond acceptors (Lipinski definition) is 7. The van der Waals surface area contributed by atoms with Gasteiger partial charge in [-0.3, -0.25) is 0 Å². The highest BCUT2D eigenvalue weighted by molar-refractivity contribution is 7.93. The minimum atomic E-state index is -4.01. The summed E-state index contributed by atoms with van der Waals surface area (Å²) in [5, 5.41) is 11.1. The third-order valence-corrected chi connectivity index (χ3v) is 8.32. The Morgan fingerprint density at radius 1 is 1.10 bits per heavy atom. The molecule has 152 valence electrons. The van der Waals surface area contributed by atoms with E-state index in [0.717, 1.165) is 23.8 Å². The van der Waals surface area contributed by atoms with E-state index in [9.17, 15) is 21.6 Å². The van der Waals surface area contributed by atoms with Gasteiger partial charge in [0.15, 0.2) is 9.84 Å². The van der Waals surface area contributed by atoms with Crippen LogP contribution < -0.4 is 5.32 Å². The first-order chi connectivity index (χ1) is 13.6. The maximum atomic E-state index is 13.2. The summed E-state index contributed by atoms with van der Waals surface area (Å²) in [5.74, 6) is 0. The van der Waals surface area contributed by atoms with Gasteiger partial charge in [-0.2, -0.15) is 0 Å². The molecule has 2 N–H and O–H groups in total. The van der Waals surface area contributed by atoms with Gasteiger partial charge in [-0.15, -0.1) is 11.3 Å². The Bertz CT molecular complexity index is 1270. The Kier molecular flexibility index (Phi) is 5.73. The molecule has 29 heavy (non-hydrogen) atoms. The maximum Gasteiger partial charge on any atom is 0.405 e. The molecule has 0 aliphatic heterocycles. The van der Waals surface area contributed by atoms with Gasteiger partial charge >= 0.3 is 6.09 Å². The van der Waals surface area contributed by atoms with Crippen molar-refractivity contribution in [1.82, 2.24) is 10.3 Å². The number of carbonyl (C=O) groups is 1. The number of benzene rings is 2. The molecule has 0 spiro atoms. The first-order valence-electron chi connectivity index (χ1n) is 8.15. The number of carboxylic acid groups (broad SMARTS) is 1. The van der Waals surface area contributed by atoms with E-state index < -0.39 is 25.8 Å². The molecule has 0 unspecified atom stereocenters. The summed E-state index contributed by atoms with van der Waals surface area (Å²) in [4.78, 5) is 14.5. The van der Waals surface area contributed by atoms with Crippen molar-refractivity contribution in [1.29, 1.82) is 0 Å². The Hall–Kier alpha value is -2.76. The molecular formula is C18H16N2O6S3. The van der Waals surface area contributed by atoms with Crippen molar-refractivity contribution >= 4 is 37.1 Å². The predicted octanol–water partition coefficient (Wildman–Crippen LogP) is 2.81. The molecule has 3 aromatic rings. The molecule has 3 rings (SSSR count). The highest BCUT2D eigenvalue weighted by Gasteiger charge is 2.26. The SMILES string of the molecule is CS(=O)(=O)c1ccc(S(=O)(=O)c2cnc(CNC(=O)O)s2)c(-c2ccccc2)c1. The summed E-state index contributed by atoms with van der Waals surface area (Å²) in [6.07, 6.45) is 0.973. The largest absolute Gasteiger partial charge is 0.465 e. The molecule has 1 heterocycles. The van der Waals surface area contributed by atoms with Crippen molar-refractivity contribution in [3.63, 3.8) is 0 Å². The maximum absolute atomic E-state index is 13.2. The number of sulfone groups is 2. The zero-order valence-corrected chi connectivity index (χ0v) is 17.5. The molecular weight excluding hydrogens is 436 g/mol. The van der Waals surface area contributed by atoms with Gasteiger partial charge in [0.1, 0.15) is 9.22 Å². The Balaban J connectivity index is 2.13. The standard InChI is InChI=1S/C18H16N2O6S3/c1-28(23,24)13-7-8-15(14(9-13)12-5-3-2-4-6-12)29(25,26)17-11-19-16(27-17)10-20-18(21)22/h2-9,11,20H,10H2,1H3,(H,21,22). The quantitative estimate of drug-likeness (QED) is 0.588. The second-order valence-corrected chi connectivity index (χ2v) is 11.3. The fourth-order valence-electron chi connectivity index (χ4n) is 2.58. The van der Waals surface area contributed by atoms with Crippen LogP contribution in [0.2, 0.25) is 0 Å². The lowest BCUT2D eigenvalue weighted by Crippen LogP contribution is -2.19. The topological polar surface area (TPSA) is 130 Å². The molecule has 0 aliphatic rings. The Morgan fingerprint density at radius 2 is 1.79 bits per heavy atom. The van der Waals surface area contributed by atoms with Crippen LogP contribution in [0, 0.1) is 0 Å². The number of amides is 1. The van der Waals surface area contributed by atoms with Gasteiger partial charge in [0.05, 0.1) is 22.5 Å². The first-order valence-corrected chi connectivity index (χ1v) is 12.3. The van der Waals surface area contributed by atoms with Crippen LogP contribution in [-0.4, -0.2) is 39.3 Å². The average molecular weight is 453 g/mol. The third kappa shape index (κ3) is 4.63. The molecule has 0 bridgehead atoms. The van der Waals surface area contributed by atoms with E-state index in [2.05, 4.69) is 10.3 Å². The van der Waals surface area contributed by atoms with Crippen molar-refractivity contribution in [2.45, 2.75) is 20.5 Å². The van der Waals surface area contributed by atoms with Crippen molar-refractivity contribution in [2.75, 3.05) is 6.26 Å². The normalized spacial score (nSPS) is 11.9. The van der Waals surface area contributed by atoms with E-state index in [1.807, 2.05) is 0 Å². The zero-order chi connectivity index (χ0) is 21.2. The summed E-state index contributed by atoms with van der Waals surface area (Å²) in [6, 6.07) is 12.5. The first kappa shape index (κ1) is 21.0. The molecule has 0 saturated carbocycles. The summed E-state index contributed by atoms with van der Waals surface area (Å²) in [7, 11) is -7.55. The van der Waals surface area contributed by atoms with Gasteiger partial charge in [0.2, 0.25) is 9.84 Å². The fourth-order valence-corrected chi connectivity index (χ4v) is 5.93. The van der Waals surface area contributed by atoms with E-state index in [0.29, 0.717) is 10.6 Å². The van der Waals surface area contributed by atoms with Gasteiger partial charge in [0, 0.05) is 11.8 Å². The van der Waals surface area contributed by atoms with Gasteiger partial charge in [-0.1, -0.05) is 30.3 Å². The van der Waals surface area contributed by atoms with Crippen molar-refractivity contribution < 1.29 is 26.7 Å². The van der Waals surface area contributed by atoms with Crippen molar-refractivity contribution in [3.8, 4) is 11.1 Å². The van der Waals surface area contributed by atoms with Gasteiger partial charge in [0.25, 0.3) is 0 Å². The summed E-state index contributed by atoms with van der Waals surface area (Å²) < 4.78 is 50.3. The van der Waals surface area contributed by atoms with E-state index in [1.54, 1.807) is 30.3 Å². The van der Waals surface area contributed by atoms with Gasteiger partial charge < -0.3 is 10.4 Å². The lowest BCUT2D eigenvalue weighted by atomic mass is 10.1. The molecule has 11 heteroatoms. The highest BCUT2D eigenvalue weighted by Crippen LogP contribution is 2.35. The molecule has 8 nitrogen and oxygen atoms in total. The second kappa shape index (κ2) is 7.93. The molecule has 0 atom stereocenters. The number of aromatic nitrogens is 1. The number of nitrogens with one attached hydrogen (secondary N) is 1. The third-order valence-electron chi connectivity index (χ3n) is 3.94. The lowest BCUT2D eigenvalue weighted by molar-refractivity contribution is 0.194. The van der Waals surface area contributed by atoms with Crippen LogP contribution in [0.25, 0.3) is 11.1 Å². The van der Waals surface area contributed by atoms with Crippen molar-refractivity contribution in [2.24, 2.45) is 0 Å². The lowest BCUT2D eigenvalue weighted by Gasteiger charge is -2.11. The summed E-state index contributed by atoms with van der Waals surface area (Å²) >= 11 is 0.847. The van der Waals surface area contributed by atoms with Gasteiger partial charge in [-0.25, -0.2) is 26.6 Å². The molecule has 0 saturated heterocycles. The van der Waals surface area contributed by atoms with Crippen LogP contribution in [-0.2, 0) is 26.2 Å². The predicted molar refractivity (Wildman–Crippen MR) is 107 cm³/mol. The second-order valence-electron chi connectivity index (χ2n) is 6.03. The van der Waals surface area contributed by atoms with Crippen LogP contribution >= 0.6 is 11.3 Å². The monoisotopic (exact) mass is 452 g/mol. The summed E-state index contributed by atoms with van der Waals surface area (Å²) in [6.45, 7) is -0.117. The Labute approximate surface area is 171 Å². The smallest absolute Gasteiger partial charge is 0.405 e. The van der Waals surface area contributed by atoms with Crippen LogP contribution in [0.4, 0.5) is 4.79 Å².